The minimum atomic E-state index is -0.259. The van der Waals surface area contributed by atoms with Gasteiger partial charge in [-0.3, -0.25) is 0 Å². The Bertz CT molecular complexity index is 1040. The predicted octanol–water partition coefficient (Wildman–Crippen LogP) is 4.55. The van der Waals surface area contributed by atoms with E-state index in [9.17, 15) is 4.39 Å². The summed E-state index contributed by atoms with van der Waals surface area (Å²) < 4.78 is 13.1. The molecule has 27 heavy (non-hydrogen) atoms. The van der Waals surface area contributed by atoms with Crippen LogP contribution in [-0.2, 0) is 13.0 Å². The smallest absolute Gasteiger partial charge is 0.299 e. The van der Waals surface area contributed by atoms with Crippen molar-refractivity contribution in [2.75, 3.05) is 16.8 Å². The quantitative estimate of drug-likeness (QED) is 0.676. The van der Waals surface area contributed by atoms with Crippen LogP contribution in [0.5, 0.6) is 0 Å². The molecule has 0 aliphatic carbocycles. The third kappa shape index (κ3) is 3.34. The lowest BCUT2D eigenvalue weighted by atomic mass is 10.1. The number of hydrogen-bond acceptors (Lipinski definition) is 6. The molecule has 3 heterocycles. The first-order valence-electron chi connectivity index (χ1n) is 8.52. The average Bonchev–Trinajstić information content (AvgIpc) is 3.07. The monoisotopic (exact) mass is 380 g/mol. The van der Waals surface area contributed by atoms with Crippen molar-refractivity contribution < 1.29 is 4.39 Å². The van der Waals surface area contributed by atoms with E-state index in [2.05, 4.69) is 30.2 Å². The third-order valence-corrected chi connectivity index (χ3v) is 5.70. The van der Waals surface area contributed by atoms with Crippen LogP contribution >= 0.6 is 11.3 Å². The first-order valence-corrected chi connectivity index (χ1v) is 9.34. The maximum atomic E-state index is 13.1. The van der Waals surface area contributed by atoms with Gasteiger partial charge in [0.15, 0.2) is 10.9 Å². The Kier molecular flexibility index (Phi) is 4.46. The second kappa shape index (κ2) is 6.93. The summed E-state index contributed by atoms with van der Waals surface area (Å²) >= 11 is 1.60. The van der Waals surface area contributed by atoms with Crippen molar-refractivity contribution in [1.82, 2.24) is 15.2 Å². The Morgan fingerprint density at radius 3 is 2.70 bits per heavy atom. The van der Waals surface area contributed by atoms with Gasteiger partial charge in [0.2, 0.25) is 0 Å². The van der Waals surface area contributed by atoms with Crippen molar-refractivity contribution in [1.29, 1.82) is 0 Å². The lowest BCUT2D eigenvalue weighted by Crippen LogP contribution is -2.31. The summed E-state index contributed by atoms with van der Waals surface area (Å²) in [4.78, 5) is 11.5. The Balaban J connectivity index is 1.55. The summed E-state index contributed by atoms with van der Waals surface area (Å²) in [5.41, 5.74) is 3.77. The van der Waals surface area contributed by atoms with Crippen LogP contribution in [0.4, 0.5) is 26.8 Å². The summed E-state index contributed by atoms with van der Waals surface area (Å²) in [5, 5.41) is 12.4. The molecular weight excluding hydrogens is 363 g/mol. The van der Waals surface area contributed by atoms with Gasteiger partial charge in [-0.1, -0.05) is 17.9 Å². The number of hydrogen-bond donors (Lipinski definition) is 1. The van der Waals surface area contributed by atoms with Crippen molar-refractivity contribution in [3.63, 3.8) is 0 Å². The molecule has 0 saturated heterocycles. The van der Waals surface area contributed by atoms with Crippen LogP contribution < -0.4 is 10.2 Å². The molecule has 6 nitrogen and oxygen atoms in total. The van der Waals surface area contributed by atoms with Gasteiger partial charge in [0.1, 0.15) is 5.82 Å². The van der Waals surface area contributed by atoms with E-state index in [4.69, 9.17) is 6.57 Å². The van der Waals surface area contributed by atoms with E-state index >= 15 is 0 Å². The lowest BCUT2D eigenvalue weighted by Gasteiger charge is -2.27. The molecule has 3 aromatic rings. The number of aromatic nitrogens is 3. The number of nitrogens with zero attached hydrogens (tertiary/aromatic N) is 5. The number of thiazole rings is 1. The average molecular weight is 380 g/mol. The normalized spacial score (nSPS) is 13.2. The zero-order valence-corrected chi connectivity index (χ0v) is 15.8. The van der Waals surface area contributed by atoms with E-state index in [1.807, 2.05) is 13.8 Å². The minimum absolute atomic E-state index is 0.259. The fourth-order valence-electron chi connectivity index (χ4n) is 3.07. The standard InChI is InChI=1S/C19H17FN6S/c1-11-12(2)18(25-24-17(11)21-3)26-9-8-15-16(10-26)27-19(23-15)22-14-6-4-13(20)5-7-14/h4-7H,8-10H2,1-2H3,(H,22,23). The van der Waals surface area contributed by atoms with Crippen LogP contribution in [0.3, 0.4) is 0 Å². The molecule has 8 heteroatoms. The molecular formula is C19H17FN6S. The SMILES string of the molecule is [C-]#[N+]c1nnc(N2CCc3nc(Nc4ccc(F)cc4)sc3C2)c(C)c1C. The molecule has 2 aromatic heterocycles. The number of anilines is 3. The van der Waals surface area contributed by atoms with Gasteiger partial charge in [-0.15, -0.1) is 0 Å². The molecule has 0 radical (unpaired) electrons. The first-order chi connectivity index (χ1) is 13.0. The fraction of sp³-hybridized carbons (Fsp3) is 0.263. The van der Waals surface area contributed by atoms with Gasteiger partial charge in [-0.2, -0.15) is 0 Å². The molecule has 1 aliphatic rings. The van der Waals surface area contributed by atoms with Crippen LogP contribution in [-0.4, -0.2) is 21.7 Å². The minimum Gasteiger partial charge on any atom is -0.359 e. The molecule has 0 saturated carbocycles. The van der Waals surface area contributed by atoms with Crippen molar-refractivity contribution in [2.45, 2.75) is 26.8 Å². The maximum absolute atomic E-state index is 13.1. The summed E-state index contributed by atoms with van der Waals surface area (Å²) in [5.74, 6) is 0.926. The largest absolute Gasteiger partial charge is 0.359 e. The van der Waals surface area contributed by atoms with Gasteiger partial charge in [0, 0.05) is 28.6 Å². The van der Waals surface area contributed by atoms with E-state index in [0.29, 0.717) is 12.4 Å². The number of fused-ring (bicyclic) bond motifs is 1. The van der Waals surface area contributed by atoms with Gasteiger partial charge in [0.05, 0.1) is 12.2 Å². The zero-order valence-electron chi connectivity index (χ0n) is 15.0. The van der Waals surface area contributed by atoms with Crippen molar-refractivity contribution in [3.8, 4) is 0 Å². The number of nitrogens with one attached hydrogen (secondary N) is 1. The molecule has 1 aliphatic heterocycles. The molecule has 136 valence electrons. The molecule has 1 N–H and O–H groups in total. The summed E-state index contributed by atoms with van der Waals surface area (Å²) in [6, 6.07) is 6.24. The molecule has 0 bridgehead atoms. The molecule has 0 spiro atoms. The second-order valence-electron chi connectivity index (χ2n) is 6.40. The van der Waals surface area contributed by atoms with E-state index < -0.39 is 0 Å². The van der Waals surface area contributed by atoms with Crippen LogP contribution in [0.15, 0.2) is 24.3 Å². The van der Waals surface area contributed by atoms with Gasteiger partial charge < -0.3 is 15.1 Å². The van der Waals surface area contributed by atoms with E-state index in [-0.39, 0.29) is 5.82 Å². The van der Waals surface area contributed by atoms with Crippen LogP contribution in [0.2, 0.25) is 0 Å². The zero-order chi connectivity index (χ0) is 19.0. The number of rotatable bonds is 3. The Labute approximate surface area is 160 Å². The molecule has 0 amide bonds. The molecule has 0 atom stereocenters. The summed E-state index contributed by atoms with van der Waals surface area (Å²) in [6.45, 7) is 12.6. The number of halogens is 1. The topological polar surface area (TPSA) is 58.3 Å². The van der Waals surface area contributed by atoms with Crippen LogP contribution in [0, 0.1) is 26.2 Å². The highest BCUT2D eigenvalue weighted by Gasteiger charge is 2.25. The van der Waals surface area contributed by atoms with Crippen LogP contribution in [0.25, 0.3) is 4.85 Å². The predicted molar refractivity (Wildman–Crippen MR) is 104 cm³/mol. The van der Waals surface area contributed by atoms with E-state index in [0.717, 1.165) is 46.4 Å². The summed E-state index contributed by atoms with van der Waals surface area (Å²) in [6.07, 6.45) is 0.821. The molecule has 0 fully saturated rings. The lowest BCUT2D eigenvalue weighted by molar-refractivity contribution is 0.628. The summed E-state index contributed by atoms with van der Waals surface area (Å²) in [7, 11) is 0. The second-order valence-corrected chi connectivity index (χ2v) is 7.48. The molecule has 4 rings (SSSR count). The highest BCUT2D eigenvalue weighted by molar-refractivity contribution is 7.15. The Hall–Kier alpha value is -3.05. The van der Waals surface area contributed by atoms with Gasteiger partial charge in [-0.25, -0.2) is 9.37 Å². The van der Waals surface area contributed by atoms with Gasteiger partial charge in [-0.05, 0) is 54.3 Å². The highest BCUT2D eigenvalue weighted by Crippen LogP contribution is 2.33. The van der Waals surface area contributed by atoms with Crippen molar-refractivity contribution >= 4 is 33.8 Å². The van der Waals surface area contributed by atoms with E-state index in [1.165, 1.54) is 17.0 Å². The Morgan fingerprint density at radius 1 is 1.19 bits per heavy atom. The molecule has 1 aromatic carbocycles. The van der Waals surface area contributed by atoms with Crippen molar-refractivity contribution in [3.05, 3.63) is 63.2 Å². The highest BCUT2D eigenvalue weighted by atomic mass is 32.1. The maximum Gasteiger partial charge on any atom is 0.299 e. The van der Waals surface area contributed by atoms with Crippen molar-refractivity contribution in [2.24, 2.45) is 0 Å². The first kappa shape index (κ1) is 17.4. The van der Waals surface area contributed by atoms with Gasteiger partial charge in [0.25, 0.3) is 5.82 Å². The third-order valence-electron chi connectivity index (χ3n) is 4.70. The fourth-order valence-corrected chi connectivity index (χ4v) is 4.12. The Morgan fingerprint density at radius 2 is 1.96 bits per heavy atom. The number of benzene rings is 1. The van der Waals surface area contributed by atoms with Gasteiger partial charge >= 0.3 is 0 Å². The van der Waals surface area contributed by atoms with E-state index in [1.54, 1.807) is 23.5 Å². The van der Waals surface area contributed by atoms with Crippen LogP contribution in [0.1, 0.15) is 21.7 Å². The molecule has 0 unspecified atom stereocenters.